The van der Waals surface area contributed by atoms with Gasteiger partial charge in [0.05, 0.1) is 57.3 Å². The zero-order chi connectivity index (χ0) is 24.3. The molecule has 5 aliphatic carbocycles. The van der Waals surface area contributed by atoms with E-state index in [1.807, 2.05) is 19.2 Å². The highest BCUT2D eigenvalue weighted by atomic mass is 16.6. The highest BCUT2D eigenvalue weighted by molar-refractivity contribution is 5.62. The number of phenols is 1. The number of fused-ring (bicyclic) bond motifs is 2. The Morgan fingerprint density at radius 2 is 2.06 bits per heavy atom. The summed E-state index contributed by atoms with van der Waals surface area (Å²) in [7, 11) is 4.43. The minimum atomic E-state index is -0.403. The molecule has 7 aliphatic rings. The van der Waals surface area contributed by atoms with Crippen LogP contribution in [0.15, 0.2) is 35.1 Å². The third kappa shape index (κ3) is 2.49. The van der Waals surface area contributed by atoms with Crippen LogP contribution in [0.4, 0.5) is 0 Å². The first-order valence-electron chi connectivity index (χ1n) is 14.0. The third-order valence-corrected chi connectivity index (χ3v) is 11.7. The zero-order valence-electron chi connectivity index (χ0n) is 21.5. The lowest BCUT2D eigenvalue weighted by atomic mass is 9.34. The lowest BCUT2D eigenvalue weighted by molar-refractivity contribution is -0.952. The Hall–Kier alpha value is -2.02. The summed E-state index contributed by atoms with van der Waals surface area (Å²) in [5.41, 5.74) is 3.48. The first kappa shape index (κ1) is 22.0. The summed E-state index contributed by atoms with van der Waals surface area (Å²) >= 11 is 0. The second-order valence-corrected chi connectivity index (χ2v) is 13.1. The van der Waals surface area contributed by atoms with Crippen molar-refractivity contribution in [3.8, 4) is 11.5 Å². The molecule has 5 fully saturated rings. The Balaban J connectivity index is 1.26. The molecule has 1 saturated heterocycles. The van der Waals surface area contributed by atoms with Crippen LogP contribution >= 0.6 is 0 Å². The summed E-state index contributed by atoms with van der Waals surface area (Å²) in [5, 5.41) is 11.0. The molecular formula is C30H38NO5+. The molecule has 4 bridgehead atoms. The average molecular weight is 493 g/mol. The fraction of sp³-hybridized carbons (Fsp3) is 0.667. The number of furan rings is 1. The van der Waals surface area contributed by atoms with E-state index >= 15 is 0 Å². The number of likely N-dealkylation sites (tertiary alicyclic amines) is 1. The number of quaternary nitrogens is 1. The van der Waals surface area contributed by atoms with Gasteiger partial charge in [-0.05, 0) is 49.8 Å². The zero-order valence-corrected chi connectivity index (χ0v) is 21.5. The minimum absolute atomic E-state index is 0.0699. The van der Waals surface area contributed by atoms with Crippen LogP contribution in [0.2, 0.25) is 0 Å². The average Bonchev–Trinajstić information content (AvgIpc) is 3.37. The van der Waals surface area contributed by atoms with Gasteiger partial charge in [0.2, 0.25) is 0 Å². The molecule has 0 radical (unpaired) electrons. The van der Waals surface area contributed by atoms with Crippen molar-refractivity contribution in [3.05, 3.63) is 47.4 Å². The Bertz CT molecular complexity index is 1210. The smallest absolute Gasteiger partial charge is 0.165 e. The van der Waals surface area contributed by atoms with Crippen molar-refractivity contribution in [2.24, 2.45) is 17.3 Å². The standard InChI is InChI=1S/C30H37NO5/c1-31(15-19-3-4-19)11-10-29-25-21-5-6-23(32)26(25)36-27(29)30(33-2)9-8-28(29,24(31)13-21)14-22(30)18-35-17-20-7-12-34-16-20/h5-7,12,16,19,22,24,27H,3-4,8-11,13-15,17-18H2,1-2H3/p+1/t22-,24-,27-,28-,29+,30-,31?/m1/s1. The third-order valence-electron chi connectivity index (χ3n) is 11.7. The molecule has 2 aliphatic heterocycles. The fourth-order valence-electron chi connectivity index (χ4n) is 10.1. The first-order valence-corrected chi connectivity index (χ1v) is 14.0. The monoisotopic (exact) mass is 492 g/mol. The summed E-state index contributed by atoms with van der Waals surface area (Å²) in [6.07, 6.45) is 11.7. The van der Waals surface area contributed by atoms with Crippen LogP contribution in [-0.4, -0.2) is 61.2 Å². The number of rotatable bonds is 7. The highest BCUT2D eigenvalue weighted by Gasteiger charge is 2.83. The van der Waals surface area contributed by atoms with Crippen molar-refractivity contribution in [1.82, 2.24) is 0 Å². The predicted octanol–water partition coefficient (Wildman–Crippen LogP) is 4.57. The molecule has 1 unspecified atom stereocenters. The number of ether oxygens (including phenoxy) is 3. The van der Waals surface area contributed by atoms with Crippen LogP contribution < -0.4 is 4.74 Å². The van der Waals surface area contributed by atoms with E-state index in [1.165, 1.54) is 48.0 Å². The highest BCUT2D eigenvalue weighted by Crippen LogP contribution is 2.77. The van der Waals surface area contributed by atoms with Crippen LogP contribution in [0.25, 0.3) is 0 Å². The summed E-state index contributed by atoms with van der Waals surface area (Å²) in [6, 6.07) is 6.61. The lowest BCUT2D eigenvalue weighted by Crippen LogP contribution is -2.83. The number of benzene rings is 1. The number of hydrogen-bond donors (Lipinski definition) is 1. The van der Waals surface area contributed by atoms with Gasteiger partial charge in [-0.15, -0.1) is 0 Å². The quantitative estimate of drug-likeness (QED) is 0.574. The molecule has 4 saturated carbocycles. The molecule has 1 aromatic carbocycles. The molecule has 6 nitrogen and oxygen atoms in total. The number of methoxy groups -OCH3 is 1. The number of piperidine rings is 1. The SMILES string of the molecule is CO[C@]12CC[C@@]3(C[C@@H]1COCc1ccoc1)[C@H]1Cc4ccc(O)c5c4[C@@]3(CC[N+]1(C)CC1CC1)[C@H]2O5. The Labute approximate surface area is 213 Å². The molecule has 3 heterocycles. The predicted molar refractivity (Wildman–Crippen MR) is 133 cm³/mol. The van der Waals surface area contributed by atoms with Gasteiger partial charge in [-0.25, -0.2) is 0 Å². The Kier molecular flexibility index (Phi) is 4.33. The molecule has 2 spiro atoms. The molecule has 1 N–H and O–H groups in total. The van der Waals surface area contributed by atoms with Gasteiger partial charge in [0.1, 0.15) is 11.7 Å². The van der Waals surface area contributed by atoms with Crippen molar-refractivity contribution in [3.63, 3.8) is 0 Å². The summed E-state index contributed by atoms with van der Waals surface area (Å²) in [4.78, 5) is 0. The van der Waals surface area contributed by atoms with Crippen LogP contribution in [-0.2, 0) is 27.9 Å². The topological polar surface area (TPSA) is 61.1 Å². The molecular weight excluding hydrogens is 454 g/mol. The summed E-state index contributed by atoms with van der Waals surface area (Å²) in [6.45, 7) is 3.72. The molecule has 1 aromatic heterocycles. The largest absolute Gasteiger partial charge is 0.504 e. The maximum Gasteiger partial charge on any atom is 0.165 e. The summed E-state index contributed by atoms with van der Waals surface area (Å²) < 4.78 is 26.3. The van der Waals surface area contributed by atoms with Crippen LogP contribution in [0.1, 0.15) is 55.2 Å². The van der Waals surface area contributed by atoms with Crippen molar-refractivity contribution in [1.29, 1.82) is 0 Å². The second-order valence-electron chi connectivity index (χ2n) is 13.1. The number of phenolic OH excluding ortho intramolecular Hbond substituents is 1. The fourth-order valence-corrected chi connectivity index (χ4v) is 10.1. The first-order chi connectivity index (χ1) is 17.5. The van der Waals surface area contributed by atoms with E-state index in [1.54, 1.807) is 12.5 Å². The van der Waals surface area contributed by atoms with Crippen molar-refractivity contribution in [2.75, 3.05) is 33.9 Å². The number of hydrogen-bond acceptors (Lipinski definition) is 5. The number of likely N-dealkylation sites (N-methyl/N-ethyl adjacent to an activating group) is 1. The molecule has 2 aromatic rings. The van der Waals surface area contributed by atoms with Gasteiger partial charge in [0, 0.05) is 48.3 Å². The van der Waals surface area contributed by atoms with Crippen LogP contribution in [0.3, 0.4) is 0 Å². The molecule has 6 heteroatoms. The van der Waals surface area contributed by atoms with E-state index < -0.39 is 5.60 Å². The Morgan fingerprint density at radius 3 is 2.83 bits per heavy atom. The van der Waals surface area contributed by atoms with Crippen molar-refractivity contribution >= 4 is 0 Å². The van der Waals surface area contributed by atoms with Gasteiger partial charge in [-0.3, -0.25) is 0 Å². The number of aromatic hydroxyl groups is 1. The van der Waals surface area contributed by atoms with E-state index in [2.05, 4.69) is 13.1 Å². The molecule has 7 atom stereocenters. The van der Waals surface area contributed by atoms with Crippen LogP contribution in [0, 0.1) is 17.3 Å². The van der Waals surface area contributed by atoms with Crippen molar-refractivity contribution in [2.45, 2.75) is 74.7 Å². The van der Waals surface area contributed by atoms with Gasteiger partial charge in [-0.2, -0.15) is 0 Å². The van der Waals surface area contributed by atoms with Gasteiger partial charge < -0.3 is 28.2 Å². The summed E-state index contributed by atoms with van der Waals surface area (Å²) in [5.74, 6) is 2.20. The minimum Gasteiger partial charge on any atom is -0.504 e. The van der Waals surface area contributed by atoms with E-state index in [4.69, 9.17) is 18.6 Å². The second kappa shape index (κ2) is 7.09. The number of nitrogens with zero attached hydrogens (tertiary/aromatic N) is 1. The van der Waals surface area contributed by atoms with Crippen molar-refractivity contribution < 1.29 is 28.2 Å². The van der Waals surface area contributed by atoms with E-state index in [0.29, 0.717) is 25.0 Å². The van der Waals surface area contributed by atoms with Crippen LogP contribution in [0.5, 0.6) is 11.5 Å². The van der Waals surface area contributed by atoms with E-state index in [9.17, 15) is 5.11 Å². The lowest BCUT2D eigenvalue weighted by Gasteiger charge is -2.74. The van der Waals surface area contributed by atoms with E-state index in [-0.39, 0.29) is 22.9 Å². The molecule has 192 valence electrons. The normalized spacial score (nSPS) is 43.3. The molecule has 36 heavy (non-hydrogen) atoms. The van der Waals surface area contributed by atoms with Gasteiger partial charge in [-0.1, -0.05) is 6.07 Å². The van der Waals surface area contributed by atoms with Gasteiger partial charge in [0.25, 0.3) is 0 Å². The van der Waals surface area contributed by atoms with Gasteiger partial charge in [0.15, 0.2) is 11.5 Å². The maximum atomic E-state index is 11.0. The van der Waals surface area contributed by atoms with Gasteiger partial charge >= 0.3 is 0 Å². The van der Waals surface area contributed by atoms with E-state index in [0.717, 1.165) is 42.9 Å². The molecule has 0 amide bonds. The molecule has 9 rings (SSSR count). The maximum absolute atomic E-state index is 11.0. The Morgan fingerprint density at radius 1 is 1.17 bits per heavy atom.